The van der Waals surface area contributed by atoms with E-state index in [1.165, 1.54) is 38.5 Å². The first-order chi connectivity index (χ1) is 7.31. The van der Waals surface area contributed by atoms with Gasteiger partial charge in [-0.05, 0) is 19.9 Å². The molecule has 15 heavy (non-hydrogen) atoms. The Morgan fingerprint density at radius 3 is 2.47 bits per heavy atom. The molecule has 0 saturated heterocycles. The number of hydrogen-bond acceptors (Lipinski definition) is 3. The van der Waals surface area contributed by atoms with Gasteiger partial charge in [0.15, 0.2) is 0 Å². The average Bonchev–Trinajstić information content (AvgIpc) is 2.25. The molecule has 0 aliphatic rings. The highest BCUT2D eigenvalue weighted by molar-refractivity contribution is 4.51. The Morgan fingerprint density at radius 1 is 1.13 bits per heavy atom. The summed E-state index contributed by atoms with van der Waals surface area (Å²) in [5, 5.41) is 11.8. The van der Waals surface area contributed by atoms with Crippen LogP contribution in [0, 0.1) is 0 Å². The van der Waals surface area contributed by atoms with Crippen molar-refractivity contribution >= 4 is 0 Å². The summed E-state index contributed by atoms with van der Waals surface area (Å²) in [5.74, 6) is 0. The zero-order chi connectivity index (χ0) is 11.4. The molecular weight excluding hydrogens is 190 g/mol. The summed E-state index contributed by atoms with van der Waals surface area (Å²) in [4.78, 5) is 0. The normalized spacial score (nSPS) is 13.0. The van der Waals surface area contributed by atoms with Crippen molar-refractivity contribution in [3.63, 3.8) is 0 Å². The van der Waals surface area contributed by atoms with Crippen molar-refractivity contribution in [1.82, 2.24) is 5.32 Å². The van der Waals surface area contributed by atoms with E-state index in [9.17, 15) is 0 Å². The fraction of sp³-hybridized carbons (Fsp3) is 1.00. The van der Waals surface area contributed by atoms with E-state index in [-0.39, 0.29) is 12.8 Å². The molecule has 0 aliphatic carbocycles. The SMILES string of the molecule is CCCCCCCCNC(C)OCCO. The van der Waals surface area contributed by atoms with E-state index in [0.29, 0.717) is 6.61 Å². The molecule has 0 aromatic carbocycles. The second kappa shape index (κ2) is 12.0. The zero-order valence-electron chi connectivity index (χ0n) is 10.3. The predicted molar refractivity (Wildman–Crippen MR) is 63.9 cm³/mol. The van der Waals surface area contributed by atoms with Crippen LogP contribution in [0.5, 0.6) is 0 Å². The van der Waals surface area contributed by atoms with E-state index in [2.05, 4.69) is 12.2 Å². The van der Waals surface area contributed by atoms with Crippen LogP contribution in [0.3, 0.4) is 0 Å². The lowest BCUT2D eigenvalue weighted by Gasteiger charge is -2.13. The Bertz CT molecular complexity index is 120. The van der Waals surface area contributed by atoms with E-state index in [1.807, 2.05) is 6.92 Å². The maximum Gasteiger partial charge on any atom is 0.105 e. The topological polar surface area (TPSA) is 41.5 Å². The summed E-state index contributed by atoms with van der Waals surface area (Å²) in [6, 6.07) is 0. The monoisotopic (exact) mass is 217 g/mol. The van der Waals surface area contributed by atoms with Crippen molar-refractivity contribution in [2.75, 3.05) is 19.8 Å². The summed E-state index contributed by atoms with van der Waals surface area (Å²) >= 11 is 0. The number of ether oxygens (including phenoxy) is 1. The lowest BCUT2D eigenvalue weighted by Crippen LogP contribution is -2.30. The van der Waals surface area contributed by atoms with Gasteiger partial charge in [-0.3, -0.25) is 5.32 Å². The second-order valence-corrected chi connectivity index (χ2v) is 3.96. The van der Waals surface area contributed by atoms with E-state index in [4.69, 9.17) is 9.84 Å². The van der Waals surface area contributed by atoms with Gasteiger partial charge < -0.3 is 9.84 Å². The number of hydrogen-bond donors (Lipinski definition) is 2. The summed E-state index contributed by atoms with van der Waals surface area (Å²) < 4.78 is 5.28. The van der Waals surface area contributed by atoms with Crippen LogP contribution in [0.1, 0.15) is 52.4 Å². The maximum absolute atomic E-state index is 8.55. The van der Waals surface area contributed by atoms with Crippen molar-refractivity contribution in [3.8, 4) is 0 Å². The van der Waals surface area contributed by atoms with Gasteiger partial charge in [0.05, 0.1) is 13.2 Å². The molecule has 1 atom stereocenters. The van der Waals surface area contributed by atoms with Gasteiger partial charge in [-0.1, -0.05) is 39.0 Å². The number of rotatable bonds is 11. The van der Waals surface area contributed by atoms with Crippen LogP contribution in [-0.2, 0) is 4.74 Å². The Balaban J connectivity index is 3.02. The molecule has 2 N–H and O–H groups in total. The third-order valence-electron chi connectivity index (χ3n) is 2.42. The lowest BCUT2D eigenvalue weighted by atomic mass is 10.1. The molecule has 0 bridgehead atoms. The Kier molecular flexibility index (Phi) is 11.9. The smallest absolute Gasteiger partial charge is 0.105 e. The first-order valence-electron chi connectivity index (χ1n) is 6.27. The molecule has 0 amide bonds. The third kappa shape index (κ3) is 11.8. The molecule has 0 aromatic rings. The standard InChI is InChI=1S/C12H27NO2/c1-3-4-5-6-7-8-9-13-12(2)15-11-10-14/h12-14H,3-11H2,1-2H3. The van der Waals surface area contributed by atoms with Crippen LogP contribution in [-0.4, -0.2) is 31.1 Å². The highest BCUT2D eigenvalue weighted by atomic mass is 16.5. The van der Waals surface area contributed by atoms with Crippen molar-refractivity contribution in [2.24, 2.45) is 0 Å². The largest absolute Gasteiger partial charge is 0.394 e. The Hall–Kier alpha value is -0.120. The fourth-order valence-electron chi connectivity index (χ4n) is 1.50. The molecule has 0 saturated carbocycles. The minimum atomic E-state index is 0.0628. The molecular formula is C12H27NO2. The first kappa shape index (κ1) is 14.9. The highest BCUT2D eigenvalue weighted by Gasteiger charge is 1.98. The van der Waals surface area contributed by atoms with Gasteiger partial charge in [-0.25, -0.2) is 0 Å². The number of unbranched alkanes of at least 4 members (excludes halogenated alkanes) is 5. The summed E-state index contributed by atoms with van der Waals surface area (Å²) in [7, 11) is 0. The number of aliphatic hydroxyl groups is 1. The van der Waals surface area contributed by atoms with E-state index >= 15 is 0 Å². The van der Waals surface area contributed by atoms with Gasteiger partial charge in [0.1, 0.15) is 6.23 Å². The van der Waals surface area contributed by atoms with Crippen molar-refractivity contribution in [1.29, 1.82) is 0 Å². The summed E-state index contributed by atoms with van der Waals surface area (Å²) in [5.41, 5.74) is 0. The molecule has 0 aliphatic heterocycles. The van der Waals surface area contributed by atoms with Crippen LogP contribution in [0.4, 0.5) is 0 Å². The molecule has 0 rings (SSSR count). The predicted octanol–water partition coefficient (Wildman–Crippen LogP) is 2.29. The molecule has 0 fully saturated rings. The second-order valence-electron chi connectivity index (χ2n) is 3.96. The number of nitrogens with one attached hydrogen (secondary N) is 1. The molecule has 1 unspecified atom stereocenters. The minimum Gasteiger partial charge on any atom is -0.394 e. The van der Waals surface area contributed by atoms with E-state index in [0.717, 1.165) is 6.54 Å². The van der Waals surface area contributed by atoms with E-state index in [1.54, 1.807) is 0 Å². The van der Waals surface area contributed by atoms with Crippen LogP contribution in [0.25, 0.3) is 0 Å². The van der Waals surface area contributed by atoms with Gasteiger partial charge in [-0.2, -0.15) is 0 Å². The minimum absolute atomic E-state index is 0.0628. The van der Waals surface area contributed by atoms with Gasteiger partial charge >= 0.3 is 0 Å². The van der Waals surface area contributed by atoms with Crippen LogP contribution in [0.15, 0.2) is 0 Å². The van der Waals surface area contributed by atoms with Crippen molar-refractivity contribution in [2.45, 2.75) is 58.6 Å². The van der Waals surface area contributed by atoms with Gasteiger partial charge in [0.25, 0.3) is 0 Å². The summed E-state index contributed by atoms with van der Waals surface area (Å²) in [6.45, 7) is 5.75. The molecule has 0 spiro atoms. The summed E-state index contributed by atoms with van der Waals surface area (Å²) in [6.07, 6.45) is 7.98. The first-order valence-corrected chi connectivity index (χ1v) is 6.27. The van der Waals surface area contributed by atoms with E-state index < -0.39 is 0 Å². The van der Waals surface area contributed by atoms with Crippen molar-refractivity contribution < 1.29 is 9.84 Å². The molecule has 3 nitrogen and oxygen atoms in total. The zero-order valence-corrected chi connectivity index (χ0v) is 10.3. The molecule has 0 heterocycles. The Labute approximate surface area is 94.2 Å². The van der Waals surface area contributed by atoms with Gasteiger partial charge in [0, 0.05) is 0 Å². The fourth-order valence-corrected chi connectivity index (χ4v) is 1.50. The molecule has 0 radical (unpaired) electrons. The molecule has 0 aromatic heterocycles. The van der Waals surface area contributed by atoms with Crippen molar-refractivity contribution in [3.05, 3.63) is 0 Å². The van der Waals surface area contributed by atoms with Gasteiger partial charge in [0.2, 0.25) is 0 Å². The van der Waals surface area contributed by atoms with Gasteiger partial charge in [-0.15, -0.1) is 0 Å². The lowest BCUT2D eigenvalue weighted by molar-refractivity contribution is 0.0203. The third-order valence-corrected chi connectivity index (χ3v) is 2.42. The molecule has 92 valence electrons. The number of aliphatic hydroxyl groups excluding tert-OH is 1. The van der Waals surface area contributed by atoms with Crippen LogP contribution >= 0.6 is 0 Å². The quantitative estimate of drug-likeness (QED) is 0.412. The van der Waals surface area contributed by atoms with Crippen LogP contribution < -0.4 is 5.32 Å². The molecule has 3 heteroatoms. The Morgan fingerprint density at radius 2 is 1.80 bits per heavy atom. The maximum atomic E-state index is 8.55. The average molecular weight is 217 g/mol. The highest BCUT2D eigenvalue weighted by Crippen LogP contribution is 2.04. The van der Waals surface area contributed by atoms with Crippen LogP contribution in [0.2, 0.25) is 0 Å².